The average Bonchev–Trinajstić information content (AvgIpc) is 2.63. The third-order valence-electron chi connectivity index (χ3n) is 1.62. The molecule has 1 amide bonds. The highest BCUT2D eigenvalue weighted by molar-refractivity contribution is 7.00. The van der Waals surface area contributed by atoms with Crippen LogP contribution < -0.4 is 5.48 Å². The van der Waals surface area contributed by atoms with Crippen molar-refractivity contribution in [3.05, 3.63) is 23.8 Å². The number of hydroxylamine groups is 1. The zero-order valence-electron chi connectivity index (χ0n) is 6.39. The summed E-state index contributed by atoms with van der Waals surface area (Å²) in [6.45, 7) is 0. The Hall–Kier alpha value is -1.53. The first-order valence-corrected chi connectivity index (χ1v) is 4.21. The fourth-order valence-electron chi connectivity index (χ4n) is 0.988. The lowest BCUT2D eigenvalue weighted by molar-refractivity contribution is 0.0706. The minimum atomic E-state index is -0.546. The second-order valence-electron chi connectivity index (χ2n) is 2.41. The largest absolute Gasteiger partial charge is 0.288 e. The first kappa shape index (κ1) is 8.09. The van der Waals surface area contributed by atoms with E-state index in [0.717, 1.165) is 17.2 Å². The van der Waals surface area contributed by atoms with Crippen LogP contribution in [0.3, 0.4) is 0 Å². The van der Waals surface area contributed by atoms with Crippen LogP contribution in [0.25, 0.3) is 11.0 Å². The Bertz CT molecular complexity index is 454. The van der Waals surface area contributed by atoms with Gasteiger partial charge in [-0.1, -0.05) is 0 Å². The van der Waals surface area contributed by atoms with E-state index in [-0.39, 0.29) is 0 Å². The molecule has 0 saturated heterocycles. The Morgan fingerprint density at radius 2 is 2.15 bits per heavy atom. The van der Waals surface area contributed by atoms with Crippen molar-refractivity contribution in [3.8, 4) is 0 Å². The van der Waals surface area contributed by atoms with Crippen molar-refractivity contribution in [2.24, 2.45) is 0 Å². The predicted molar refractivity (Wildman–Crippen MR) is 46.7 cm³/mol. The number of aromatic nitrogens is 2. The summed E-state index contributed by atoms with van der Waals surface area (Å²) < 4.78 is 7.95. The number of carbonyl (C=O) groups excluding carboxylic acids is 1. The Labute approximate surface area is 77.3 Å². The average molecular weight is 195 g/mol. The van der Waals surface area contributed by atoms with Gasteiger partial charge in [-0.15, -0.1) is 0 Å². The molecule has 0 unspecified atom stereocenters. The number of fused-ring (bicyclic) bond motifs is 1. The Morgan fingerprint density at radius 3 is 2.92 bits per heavy atom. The molecule has 0 radical (unpaired) electrons. The zero-order valence-corrected chi connectivity index (χ0v) is 7.21. The molecule has 0 spiro atoms. The van der Waals surface area contributed by atoms with Crippen molar-refractivity contribution in [1.29, 1.82) is 0 Å². The molecule has 6 heteroatoms. The number of nitrogens with one attached hydrogen (secondary N) is 1. The van der Waals surface area contributed by atoms with Gasteiger partial charge >= 0.3 is 0 Å². The fraction of sp³-hybridized carbons (Fsp3) is 0. The highest BCUT2D eigenvalue weighted by atomic mass is 32.1. The lowest BCUT2D eigenvalue weighted by atomic mass is 10.2. The molecule has 2 rings (SSSR count). The number of carbonyl (C=O) groups is 1. The molecule has 0 saturated carbocycles. The molecular weight excluding hydrogens is 190 g/mol. The zero-order chi connectivity index (χ0) is 9.26. The molecule has 2 aromatic rings. The summed E-state index contributed by atoms with van der Waals surface area (Å²) in [5.74, 6) is -0.546. The van der Waals surface area contributed by atoms with Crippen LogP contribution in [0.4, 0.5) is 0 Å². The standard InChI is InChI=1S/C7H5N3O2S/c11-7(8-12)4-1-2-5-6(3-4)10-13-9-5/h1-3,12H,(H,8,11). The molecule has 2 N–H and O–H groups in total. The Kier molecular flexibility index (Phi) is 1.91. The number of amides is 1. The molecule has 0 aliphatic carbocycles. The van der Waals surface area contributed by atoms with Crippen molar-refractivity contribution in [2.75, 3.05) is 0 Å². The smallest absolute Gasteiger partial charge is 0.274 e. The molecule has 1 heterocycles. The number of hydrogen-bond acceptors (Lipinski definition) is 5. The number of benzene rings is 1. The molecule has 0 aliphatic heterocycles. The van der Waals surface area contributed by atoms with Gasteiger partial charge in [0.25, 0.3) is 5.91 Å². The maximum Gasteiger partial charge on any atom is 0.274 e. The van der Waals surface area contributed by atoms with Gasteiger partial charge in [-0.25, -0.2) is 5.48 Å². The van der Waals surface area contributed by atoms with Crippen molar-refractivity contribution in [2.45, 2.75) is 0 Å². The molecule has 5 nitrogen and oxygen atoms in total. The summed E-state index contributed by atoms with van der Waals surface area (Å²) in [7, 11) is 0. The van der Waals surface area contributed by atoms with E-state index >= 15 is 0 Å². The lowest BCUT2D eigenvalue weighted by Crippen LogP contribution is -2.18. The predicted octanol–water partition coefficient (Wildman–Crippen LogP) is 0.810. The highest BCUT2D eigenvalue weighted by Gasteiger charge is 2.06. The van der Waals surface area contributed by atoms with Crippen molar-refractivity contribution in [1.82, 2.24) is 14.2 Å². The maximum absolute atomic E-state index is 11.0. The highest BCUT2D eigenvalue weighted by Crippen LogP contribution is 2.13. The topological polar surface area (TPSA) is 75.1 Å². The third-order valence-corrected chi connectivity index (χ3v) is 2.17. The quantitative estimate of drug-likeness (QED) is 0.521. The van der Waals surface area contributed by atoms with Gasteiger partial charge in [0.15, 0.2) is 0 Å². The van der Waals surface area contributed by atoms with Crippen LogP contribution in [-0.2, 0) is 0 Å². The van der Waals surface area contributed by atoms with E-state index in [1.165, 1.54) is 0 Å². The van der Waals surface area contributed by atoms with Crippen molar-refractivity contribution in [3.63, 3.8) is 0 Å². The van der Waals surface area contributed by atoms with Crippen LogP contribution in [-0.4, -0.2) is 19.9 Å². The lowest BCUT2D eigenvalue weighted by Gasteiger charge is -1.96. The van der Waals surface area contributed by atoms with Gasteiger partial charge in [-0.2, -0.15) is 8.75 Å². The Balaban J connectivity index is 2.54. The van der Waals surface area contributed by atoms with Crippen LogP contribution in [0.2, 0.25) is 0 Å². The summed E-state index contributed by atoms with van der Waals surface area (Å²) >= 11 is 1.09. The van der Waals surface area contributed by atoms with Gasteiger partial charge in [-0.05, 0) is 18.2 Å². The van der Waals surface area contributed by atoms with E-state index < -0.39 is 5.91 Å². The first-order chi connectivity index (χ1) is 6.31. The molecule has 66 valence electrons. The fourth-order valence-corrected chi connectivity index (χ4v) is 1.51. The van der Waals surface area contributed by atoms with Gasteiger partial charge in [0.2, 0.25) is 0 Å². The van der Waals surface area contributed by atoms with Gasteiger partial charge in [-0.3, -0.25) is 10.0 Å². The molecular formula is C7H5N3O2S. The van der Waals surface area contributed by atoms with Crippen LogP contribution in [0.15, 0.2) is 18.2 Å². The van der Waals surface area contributed by atoms with E-state index in [0.29, 0.717) is 11.1 Å². The van der Waals surface area contributed by atoms with E-state index in [2.05, 4.69) is 8.75 Å². The van der Waals surface area contributed by atoms with Gasteiger partial charge in [0, 0.05) is 5.56 Å². The second-order valence-corrected chi connectivity index (χ2v) is 2.94. The molecule has 0 aliphatic rings. The summed E-state index contributed by atoms with van der Waals surface area (Å²) in [5.41, 5.74) is 3.33. The van der Waals surface area contributed by atoms with E-state index in [9.17, 15) is 4.79 Å². The second kappa shape index (κ2) is 3.08. The van der Waals surface area contributed by atoms with E-state index in [1.807, 2.05) is 0 Å². The number of rotatable bonds is 1. The third kappa shape index (κ3) is 1.36. The molecule has 13 heavy (non-hydrogen) atoms. The molecule has 0 bridgehead atoms. The van der Waals surface area contributed by atoms with Gasteiger partial charge < -0.3 is 0 Å². The minimum Gasteiger partial charge on any atom is -0.288 e. The maximum atomic E-state index is 11.0. The normalized spacial score (nSPS) is 10.2. The Morgan fingerprint density at radius 1 is 1.38 bits per heavy atom. The van der Waals surface area contributed by atoms with Crippen LogP contribution in [0.5, 0.6) is 0 Å². The SMILES string of the molecule is O=C(NO)c1ccc2nsnc2c1. The van der Waals surface area contributed by atoms with Crippen LogP contribution in [0, 0.1) is 0 Å². The van der Waals surface area contributed by atoms with Gasteiger partial charge in [0.05, 0.1) is 11.7 Å². The minimum absolute atomic E-state index is 0.364. The molecule has 1 aromatic heterocycles. The molecule has 0 fully saturated rings. The number of hydrogen-bond donors (Lipinski definition) is 2. The molecule has 1 aromatic carbocycles. The molecule has 0 atom stereocenters. The van der Waals surface area contributed by atoms with Crippen LogP contribution in [0.1, 0.15) is 10.4 Å². The summed E-state index contributed by atoms with van der Waals surface area (Å²) in [5, 5.41) is 8.38. The van der Waals surface area contributed by atoms with Gasteiger partial charge in [0.1, 0.15) is 11.0 Å². The summed E-state index contributed by atoms with van der Waals surface area (Å²) in [6, 6.07) is 4.84. The van der Waals surface area contributed by atoms with Crippen molar-refractivity contribution >= 4 is 28.7 Å². The van der Waals surface area contributed by atoms with Crippen molar-refractivity contribution < 1.29 is 10.0 Å². The summed E-state index contributed by atoms with van der Waals surface area (Å²) in [4.78, 5) is 11.0. The number of nitrogens with zero attached hydrogens (tertiary/aromatic N) is 2. The van der Waals surface area contributed by atoms with E-state index in [1.54, 1.807) is 23.7 Å². The van der Waals surface area contributed by atoms with Crippen LogP contribution >= 0.6 is 11.7 Å². The first-order valence-electron chi connectivity index (χ1n) is 3.48. The van der Waals surface area contributed by atoms with E-state index in [4.69, 9.17) is 5.21 Å². The summed E-state index contributed by atoms with van der Waals surface area (Å²) in [6.07, 6.45) is 0. The monoisotopic (exact) mass is 195 g/mol.